The molecule has 1 aromatic carbocycles. The van der Waals surface area contributed by atoms with E-state index in [4.69, 9.17) is 9.84 Å². The lowest BCUT2D eigenvalue weighted by atomic mass is 9.97. The van der Waals surface area contributed by atoms with Crippen LogP contribution in [0.2, 0.25) is 0 Å². The Morgan fingerprint density at radius 2 is 2.00 bits per heavy atom. The van der Waals surface area contributed by atoms with Crippen LogP contribution in [0.3, 0.4) is 0 Å². The third-order valence-corrected chi connectivity index (χ3v) is 5.19. The molecular formula is C24H34N2O5. The first kappa shape index (κ1) is 24.6. The molecule has 31 heavy (non-hydrogen) atoms. The van der Waals surface area contributed by atoms with Gasteiger partial charge in [-0.05, 0) is 44.6 Å². The van der Waals surface area contributed by atoms with Crippen LogP contribution in [0.25, 0.3) is 0 Å². The molecule has 1 aliphatic heterocycles. The molecule has 2 rings (SSSR count). The van der Waals surface area contributed by atoms with Crippen molar-refractivity contribution in [3.05, 3.63) is 48.0 Å². The smallest absolute Gasteiger partial charge is 0.305 e. The molecule has 3 atom stereocenters. The van der Waals surface area contributed by atoms with Crippen LogP contribution in [0, 0.1) is 5.92 Å². The third kappa shape index (κ3) is 9.79. The first-order valence-corrected chi connectivity index (χ1v) is 11.0. The summed E-state index contributed by atoms with van der Waals surface area (Å²) in [6, 6.07) is 8.94. The van der Waals surface area contributed by atoms with Crippen molar-refractivity contribution in [3.63, 3.8) is 0 Å². The molecule has 1 aliphatic rings. The summed E-state index contributed by atoms with van der Waals surface area (Å²) >= 11 is 0. The number of ether oxygens (including phenoxy) is 1. The van der Waals surface area contributed by atoms with E-state index in [1.165, 1.54) is 0 Å². The van der Waals surface area contributed by atoms with E-state index < -0.39 is 5.92 Å². The Morgan fingerprint density at radius 3 is 2.74 bits per heavy atom. The largest absolute Gasteiger partial charge is 0.463 e. The lowest BCUT2D eigenvalue weighted by Gasteiger charge is -2.23. The van der Waals surface area contributed by atoms with Crippen LogP contribution in [-0.2, 0) is 25.5 Å². The van der Waals surface area contributed by atoms with Gasteiger partial charge in [-0.15, -0.1) is 0 Å². The molecule has 0 spiro atoms. The molecule has 1 aromatic rings. The Bertz CT molecular complexity index is 735. The summed E-state index contributed by atoms with van der Waals surface area (Å²) < 4.78 is 5.42. The average Bonchev–Trinajstić information content (AvgIpc) is 2.75. The van der Waals surface area contributed by atoms with Crippen molar-refractivity contribution >= 4 is 17.8 Å². The predicted molar refractivity (Wildman–Crippen MR) is 118 cm³/mol. The van der Waals surface area contributed by atoms with Gasteiger partial charge in [0.2, 0.25) is 11.8 Å². The number of rotatable bonds is 6. The molecule has 0 radical (unpaired) electrons. The molecule has 170 valence electrons. The van der Waals surface area contributed by atoms with Crippen molar-refractivity contribution < 1.29 is 24.2 Å². The van der Waals surface area contributed by atoms with Crippen molar-refractivity contribution in [1.29, 1.82) is 0 Å². The summed E-state index contributed by atoms with van der Waals surface area (Å²) in [5.74, 6) is -1.32. The first-order valence-electron chi connectivity index (χ1n) is 11.0. The third-order valence-electron chi connectivity index (χ3n) is 5.19. The number of esters is 1. The molecule has 7 nitrogen and oxygen atoms in total. The minimum Gasteiger partial charge on any atom is -0.463 e. The first-order chi connectivity index (χ1) is 15.0. The van der Waals surface area contributed by atoms with Gasteiger partial charge in [0.05, 0.1) is 18.6 Å². The van der Waals surface area contributed by atoms with E-state index in [0.29, 0.717) is 19.3 Å². The summed E-state index contributed by atoms with van der Waals surface area (Å²) in [5.41, 5.74) is 1.02. The van der Waals surface area contributed by atoms with Crippen molar-refractivity contribution in [2.24, 2.45) is 5.92 Å². The summed E-state index contributed by atoms with van der Waals surface area (Å²) in [6.07, 6.45) is 7.72. The SMILES string of the molecule is C[C@@H](CO)NC(=O)C[C@H]1CC=CCCCCC(=O)OC[C@@H](Cc2ccccc2)NC1=O. The van der Waals surface area contributed by atoms with Crippen LogP contribution in [0.4, 0.5) is 0 Å². The van der Waals surface area contributed by atoms with Crippen LogP contribution in [0.5, 0.6) is 0 Å². The van der Waals surface area contributed by atoms with Gasteiger partial charge >= 0.3 is 5.97 Å². The van der Waals surface area contributed by atoms with E-state index in [0.717, 1.165) is 24.8 Å². The average molecular weight is 431 g/mol. The molecule has 2 amide bonds. The minimum absolute atomic E-state index is 0.0261. The van der Waals surface area contributed by atoms with Gasteiger partial charge < -0.3 is 20.5 Å². The summed E-state index contributed by atoms with van der Waals surface area (Å²) in [4.78, 5) is 37.4. The van der Waals surface area contributed by atoms with E-state index >= 15 is 0 Å². The second kappa shape index (κ2) is 13.6. The Kier molecular flexibility index (Phi) is 10.8. The zero-order chi connectivity index (χ0) is 22.5. The highest BCUT2D eigenvalue weighted by Crippen LogP contribution is 2.14. The lowest BCUT2D eigenvalue weighted by Crippen LogP contribution is -2.45. The highest BCUT2D eigenvalue weighted by Gasteiger charge is 2.25. The van der Waals surface area contributed by atoms with Crippen LogP contribution in [-0.4, -0.2) is 48.2 Å². The maximum Gasteiger partial charge on any atom is 0.305 e. The Hall–Kier alpha value is -2.67. The molecule has 1 heterocycles. The fourth-order valence-corrected chi connectivity index (χ4v) is 3.43. The summed E-state index contributed by atoms with van der Waals surface area (Å²) in [5, 5.41) is 14.8. The second-order valence-electron chi connectivity index (χ2n) is 8.08. The van der Waals surface area contributed by atoms with Gasteiger partial charge in [-0.25, -0.2) is 0 Å². The van der Waals surface area contributed by atoms with E-state index in [9.17, 15) is 14.4 Å². The fourth-order valence-electron chi connectivity index (χ4n) is 3.43. The van der Waals surface area contributed by atoms with E-state index in [1.54, 1.807) is 6.92 Å². The molecule has 0 aromatic heterocycles. The van der Waals surface area contributed by atoms with Gasteiger partial charge in [0.25, 0.3) is 0 Å². The number of hydrogen-bond donors (Lipinski definition) is 3. The maximum absolute atomic E-state index is 13.0. The van der Waals surface area contributed by atoms with Crippen molar-refractivity contribution in [2.75, 3.05) is 13.2 Å². The number of amides is 2. The van der Waals surface area contributed by atoms with Crippen molar-refractivity contribution in [2.45, 2.75) is 64.0 Å². The predicted octanol–water partition coefficient (Wildman–Crippen LogP) is 2.28. The van der Waals surface area contributed by atoms with Crippen LogP contribution in [0.1, 0.15) is 51.0 Å². The molecule has 0 fully saturated rings. The monoisotopic (exact) mass is 430 g/mol. The van der Waals surface area contributed by atoms with Crippen LogP contribution < -0.4 is 10.6 Å². The molecule has 0 unspecified atom stereocenters. The normalized spacial score (nSPS) is 22.0. The molecule has 0 saturated heterocycles. The van der Waals surface area contributed by atoms with Crippen molar-refractivity contribution in [3.8, 4) is 0 Å². The van der Waals surface area contributed by atoms with E-state index in [-0.39, 0.29) is 49.5 Å². The van der Waals surface area contributed by atoms with E-state index in [2.05, 4.69) is 10.6 Å². The molecule has 0 bridgehead atoms. The maximum atomic E-state index is 13.0. The number of carbonyl (C=O) groups is 3. The molecule has 0 saturated carbocycles. The highest BCUT2D eigenvalue weighted by atomic mass is 16.5. The van der Waals surface area contributed by atoms with Gasteiger partial charge in [0.15, 0.2) is 0 Å². The lowest BCUT2D eigenvalue weighted by molar-refractivity contribution is -0.145. The standard InChI is InChI=1S/C24H34N2O5/c1-18(16-27)25-22(28)15-20-12-8-3-2-4-9-13-23(29)31-17-21(26-24(20)30)14-19-10-6-5-7-11-19/h3,5-8,10-11,18,20-21,27H,2,4,9,12-17H2,1H3,(H,25,28)(H,26,30)/t18-,20+,21+/m0/s1. The zero-order valence-electron chi connectivity index (χ0n) is 18.2. The molecule has 0 aliphatic carbocycles. The minimum atomic E-state index is -0.543. The second-order valence-corrected chi connectivity index (χ2v) is 8.08. The number of carbonyl (C=O) groups excluding carboxylic acids is 3. The Balaban J connectivity index is 2.12. The number of nitrogens with one attached hydrogen (secondary N) is 2. The Morgan fingerprint density at radius 1 is 1.23 bits per heavy atom. The fraction of sp³-hybridized carbons (Fsp3) is 0.542. The number of aliphatic hydroxyl groups excluding tert-OH is 1. The van der Waals surface area contributed by atoms with Gasteiger partial charge in [-0.2, -0.15) is 0 Å². The van der Waals surface area contributed by atoms with E-state index in [1.807, 2.05) is 42.5 Å². The quantitative estimate of drug-likeness (QED) is 0.474. The van der Waals surface area contributed by atoms with Gasteiger partial charge in [-0.3, -0.25) is 14.4 Å². The number of cyclic esters (lactones) is 1. The summed E-state index contributed by atoms with van der Waals surface area (Å²) in [7, 11) is 0. The van der Waals surface area contributed by atoms with Gasteiger partial charge in [0, 0.05) is 18.9 Å². The molecular weight excluding hydrogens is 396 g/mol. The van der Waals surface area contributed by atoms with Crippen LogP contribution >= 0.6 is 0 Å². The number of benzene rings is 1. The van der Waals surface area contributed by atoms with Crippen LogP contribution in [0.15, 0.2) is 42.5 Å². The summed E-state index contributed by atoms with van der Waals surface area (Å²) in [6.45, 7) is 1.64. The van der Waals surface area contributed by atoms with Gasteiger partial charge in [0.1, 0.15) is 6.61 Å². The Labute approximate surface area is 184 Å². The van der Waals surface area contributed by atoms with Gasteiger partial charge in [-0.1, -0.05) is 42.5 Å². The molecule has 3 N–H and O–H groups in total. The topological polar surface area (TPSA) is 105 Å². The number of hydrogen-bond acceptors (Lipinski definition) is 5. The van der Waals surface area contributed by atoms with Crippen molar-refractivity contribution in [1.82, 2.24) is 10.6 Å². The molecule has 7 heteroatoms. The highest BCUT2D eigenvalue weighted by molar-refractivity contribution is 5.86. The zero-order valence-corrected chi connectivity index (χ0v) is 18.2. The number of aliphatic hydroxyl groups is 1. The number of allylic oxidation sites excluding steroid dienone is 2.